The van der Waals surface area contributed by atoms with Crippen molar-refractivity contribution in [3.05, 3.63) is 12.2 Å². The fourth-order valence-corrected chi connectivity index (χ4v) is 0.799. The number of carbonyl (C=O) groups excluding carboxylic acids is 3. The first kappa shape index (κ1) is 12.3. The molecule has 5 heteroatoms. The molecule has 0 aliphatic carbocycles. The number of hydrogen-bond donors (Lipinski definition) is 1. The molecule has 78 valence electrons. The molecular formula is C9H14N2O3. The maximum Gasteiger partial charge on any atom is 0.331 e. The molecule has 0 radical (unpaired) electrons. The molecule has 14 heavy (non-hydrogen) atoms. The van der Waals surface area contributed by atoms with Gasteiger partial charge in [-0.1, -0.05) is 6.58 Å². The lowest BCUT2D eigenvalue weighted by molar-refractivity contribution is -0.137. The Bertz CT molecular complexity index is 284. The van der Waals surface area contributed by atoms with Gasteiger partial charge in [-0.2, -0.15) is 4.90 Å². The number of carbonyl (C=O) groups is 3. The third kappa shape index (κ3) is 3.01. The molecule has 0 spiro atoms. The van der Waals surface area contributed by atoms with E-state index in [1.807, 2.05) is 0 Å². The van der Waals surface area contributed by atoms with Crippen LogP contribution < -0.4 is 5.32 Å². The minimum Gasteiger partial charge on any atom is -0.338 e. The molecule has 0 aliphatic heterocycles. The summed E-state index contributed by atoms with van der Waals surface area (Å²) in [6.45, 7) is 8.02. The van der Waals surface area contributed by atoms with Crippen molar-refractivity contribution in [3.63, 3.8) is 0 Å². The maximum atomic E-state index is 11.3. The van der Waals surface area contributed by atoms with Crippen LogP contribution in [0.3, 0.4) is 0 Å². The summed E-state index contributed by atoms with van der Waals surface area (Å²) < 4.78 is 0. The van der Waals surface area contributed by atoms with Crippen LogP contribution in [0.4, 0.5) is 4.79 Å². The van der Waals surface area contributed by atoms with E-state index in [1.54, 1.807) is 6.92 Å². The number of hydrogen-bond acceptors (Lipinski definition) is 3. The predicted octanol–water partition coefficient (Wildman–Crippen LogP) is 0.667. The van der Waals surface area contributed by atoms with E-state index in [-0.39, 0.29) is 5.57 Å². The SMILES string of the molecule is C=C(C)C(=O)N(C(C)=O)C(=O)NCC. The van der Waals surface area contributed by atoms with Crippen LogP contribution in [0.5, 0.6) is 0 Å². The summed E-state index contributed by atoms with van der Waals surface area (Å²) in [4.78, 5) is 34.2. The summed E-state index contributed by atoms with van der Waals surface area (Å²) in [5.41, 5.74) is 0.145. The standard InChI is InChI=1S/C9H14N2O3/c1-5-10-9(14)11(7(4)12)8(13)6(2)3/h2,5H2,1,3-4H3,(H,10,14). The van der Waals surface area contributed by atoms with Crippen LogP contribution in [0.15, 0.2) is 12.2 Å². The summed E-state index contributed by atoms with van der Waals surface area (Å²) in [6, 6.07) is -0.715. The second-order valence-corrected chi connectivity index (χ2v) is 2.78. The van der Waals surface area contributed by atoms with E-state index < -0.39 is 17.8 Å². The van der Waals surface area contributed by atoms with Crippen molar-refractivity contribution in [2.45, 2.75) is 20.8 Å². The van der Waals surface area contributed by atoms with E-state index >= 15 is 0 Å². The molecule has 4 amide bonds. The van der Waals surface area contributed by atoms with Crippen LogP contribution in [0.1, 0.15) is 20.8 Å². The normalized spacial score (nSPS) is 9.07. The van der Waals surface area contributed by atoms with Crippen molar-refractivity contribution >= 4 is 17.8 Å². The Hall–Kier alpha value is -1.65. The Morgan fingerprint density at radius 3 is 2.07 bits per heavy atom. The van der Waals surface area contributed by atoms with Crippen LogP contribution in [0.25, 0.3) is 0 Å². The summed E-state index contributed by atoms with van der Waals surface area (Å²) >= 11 is 0. The van der Waals surface area contributed by atoms with Gasteiger partial charge in [-0.15, -0.1) is 0 Å². The molecule has 0 heterocycles. The second kappa shape index (κ2) is 5.16. The van der Waals surface area contributed by atoms with Crippen LogP contribution in [0, 0.1) is 0 Å². The Labute approximate surface area is 82.8 Å². The topological polar surface area (TPSA) is 66.5 Å². The molecule has 0 unspecified atom stereocenters. The maximum absolute atomic E-state index is 11.3. The molecule has 5 nitrogen and oxygen atoms in total. The minimum absolute atomic E-state index is 0.145. The highest BCUT2D eigenvalue weighted by Gasteiger charge is 2.25. The van der Waals surface area contributed by atoms with Gasteiger partial charge in [0.15, 0.2) is 0 Å². The van der Waals surface area contributed by atoms with Gasteiger partial charge in [0, 0.05) is 19.0 Å². The number of urea groups is 1. The van der Waals surface area contributed by atoms with Crippen molar-refractivity contribution in [2.75, 3.05) is 6.54 Å². The molecule has 1 N–H and O–H groups in total. The average Bonchev–Trinajstić information content (AvgIpc) is 2.03. The molecule has 0 fully saturated rings. The van der Waals surface area contributed by atoms with E-state index in [0.29, 0.717) is 11.4 Å². The van der Waals surface area contributed by atoms with Gasteiger partial charge in [0.25, 0.3) is 5.91 Å². The van der Waals surface area contributed by atoms with E-state index in [9.17, 15) is 14.4 Å². The monoisotopic (exact) mass is 198 g/mol. The van der Waals surface area contributed by atoms with Crippen LogP contribution in [-0.4, -0.2) is 29.3 Å². The summed E-state index contributed by atoms with van der Waals surface area (Å²) in [5, 5.41) is 2.37. The van der Waals surface area contributed by atoms with Gasteiger partial charge in [0.1, 0.15) is 0 Å². The Morgan fingerprint density at radius 1 is 1.29 bits per heavy atom. The molecule has 0 rings (SSSR count). The predicted molar refractivity (Wildman–Crippen MR) is 51.4 cm³/mol. The molecule has 0 saturated heterocycles. The highest BCUT2D eigenvalue weighted by Crippen LogP contribution is 2.00. The third-order valence-electron chi connectivity index (χ3n) is 1.41. The van der Waals surface area contributed by atoms with Gasteiger partial charge in [0.2, 0.25) is 5.91 Å². The van der Waals surface area contributed by atoms with Crippen molar-refractivity contribution in [1.82, 2.24) is 10.2 Å². The van der Waals surface area contributed by atoms with Crippen LogP contribution in [0.2, 0.25) is 0 Å². The summed E-state index contributed by atoms with van der Waals surface area (Å²) in [6.07, 6.45) is 0. The lowest BCUT2D eigenvalue weighted by Crippen LogP contribution is -2.46. The Balaban J connectivity index is 4.77. The average molecular weight is 198 g/mol. The second-order valence-electron chi connectivity index (χ2n) is 2.78. The zero-order valence-electron chi connectivity index (χ0n) is 8.59. The van der Waals surface area contributed by atoms with E-state index in [4.69, 9.17) is 0 Å². The first-order valence-electron chi connectivity index (χ1n) is 4.20. The van der Waals surface area contributed by atoms with Crippen LogP contribution >= 0.6 is 0 Å². The zero-order valence-corrected chi connectivity index (χ0v) is 8.59. The molecular weight excluding hydrogens is 184 g/mol. The fourth-order valence-electron chi connectivity index (χ4n) is 0.799. The fraction of sp³-hybridized carbons (Fsp3) is 0.444. The summed E-state index contributed by atoms with van der Waals surface area (Å²) in [5.74, 6) is -1.30. The van der Waals surface area contributed by atoms with E-state index in [2.05, 4.69) is 11.9 Å². The largest absolute Gasteiger partial charge is 0.338 e. The third-order valence-corrected chi connectivity index (χ3v) is 1.41. The lowest BCUT2D eigenvalue weighted by atomic mass is 10.3. The van der Waals surface area contributed by atoms with Gasteiger partial charge >= 0.3 is 6.03 Å². The van der Waals surface area contributed by atoms with E-state index in [1.165, 1.54) is 6.92 Å². The molecule has 0 aromatic carbocycles. The Kier molecular flexibility index (Phi) is 4.55. The first-order valence-corrected chi connectivity index (χ1v) is 4.20. The van der Waals surface area contributed by atoms with Crippen LogP contribution in [-0.2, 0) is 9.59 Å². The summed E-state index contributed by atoms with van der Waals surface area (Å²) in [7, 11) is 0. The highest BCUT2D eigenvalue weighted by atomic mass is 16.2. The molecule has 0 bridgehead atoms. The molecule has 0 aromatic heterocycles. The highest BCUT2D eigenvalue weighted by molar-refractivity contribution is 6.14. The number of imide groups is 3. The van der Waals surface area contributed by atoms with Crippen molar-refractivity contribution < 1.29 is 14.4 Å². The number of rotatable bonds is 2. The zero-order chi connectivity index (χ0) is 11.3. The molecule has 0 saturated carbocycles. The first-order chi connectivity index (χ1) is 6.41. The van der Waals surface area contributed by atoms with Crippen molar-refractivity contribution in [1.29, 1.82) is 0 Å². The van der Waals surface area contributed by atoms with Gasteiger partial charge in [0.05, 0.1) is 0 Å². The van der Waals surface area contributed by atoms with Gasteiger partial charge in [-0.25, -0.2) is 4.79 Å². The molecule has 0 atom stereocenters. The van der Waals surface area contributed by atoms with Gasteiger partial charge < -0.3 is 5.32 Å². The smallest absolute Gasteiger partial charge is 0.331 e. The Morgan fingerprint density at radius 2 is 1.79 bits per heavy atom. The van der Waals surface area contributed by atoms with Gasteiger partial charge in [-0.05, 0) is 13.8 Å². The molecule has 0 aromatic rings. The lowest BCUT2D eigenvalue weighted by Gasteiger charge is -2.16. The minimum atomic E-state index is -0.715. The molecule has 0 aliphatic rings. The number of amides is 4. The van der Waals surface area contributed by atoms with E-state index in [0.717, 1.165) is 6.92 Å². The number of nitrogens with one attached hydrogen (secondary N) is 1. The number of nitrogens with zero attached hydrogens (tertiary/aromatic N) is 1. The quantitative estimate of drug-likeness (QED) is 0.663. The van der Waals surface area contributed by atoms with Crippen molar-refractivity contribution in [3.8, 4) is 0 Å². The van der Waals surface area contributed by atoms with Crippen molar-refractivity contribution in [2.24, 2.45) is 0 Å². The van der Waals surface area contributed by atoms with Gasteiger partial charge in [-0.3, -0.25) is 9.59 Å².